The molecule has 1 heterocycles. The number of carbonyl (C=O) groups excluding carboxylic acids is 3. The van der Waals surface area contributed by atoms with Crippen molar-refractivity contribution in [1.82, 2.24) is 0 Å². The number of halogens is 1. The van der Waals surface area contributed by atoms with Gasteiger partial charge >= 0.3 is 11.9 Å². The van der Waals surface area contributed by atoms with E-state index in [2.05, 4.69) is 5.32 Å². The van der Waals surface area contributed by atoms with E-state index in [1.165, 1.54) is 12.1 Å². The number of ether oxygens (including phenoxy) is 2. The molecular formula is C20H22FNO5S. The minimum absolute atomic E-state index is 0.100. The van der Waals surface area contributed by atoms with Gasteiger partial charge in [-0.15, -0.1) is 11.3 Å². The van der Waals surface area contributed by atoms with Gasteiger partial charge in [0, 0.05) is 5.56 Å². The largest absolute Gasteiger partial charge is 0.462 e. The van der Waals surface area contributed by atoms with Crippen LogP contribution in [0.25, 0.3) is 0 Å². The summed E-state index contributed by atoms with van der Waals surface area (Å²) in [7, 11) is 0. The number of hydrogen-bond donors (Lipinski definition) is 1. The third-order valence-electron chi connectivity index (χ3n) is 3.54. The van der Waals surface area contributed by atoms with Crippen molar-refractivity contribution in [3.05, 3.63) is 51.7 Å². The summed E-state index contributed by atoms with van der Waals surface area (Å²) in [5.74, 6) is -2.26. The van der Waals surface area contributed by atoms with Crippen LogP contribution >= 0.6 is 11.3 Å². The number of nitrogens with one attached hydrogen (secondary N) is 1. The average molecular weight is 407 g/mol. The Morgan fingerprint density at radius 3 is 2.25 bits per heavy atom. The minimum Gasteiger partial charge on any atom is -0.462 e. The van der Waals surface area contributed by atoms with Crippen molar-refractivity contribution in [2.45, 2.75) is 40.2 Å². The maximum absolute atomic E-state index is 13.1. The van der Waals surface area contributed by atoms with Gasteiger partial charge < -0.3 is 14.8 Å². The van der Waals surface area contributed by atoms with Gasteiger partial charge in [-0.3, -0.25) is 4.79 Å². The highest BCUT2D eigenvalue weighted by Gasteiger charge is 2.29. The van der Waals surface area contributed by atoms with E-state index in [0.29, 0.717) is 5.56 Å². The van der Waals surface area contributed by atoms with E-state index in [9.17, 15) is 18.8 Å². The van der Waals surface area contributed by atoms with Crippen LogP contribution in [0.1, 0.15) is 63.6 Å². The number of hydrogen-bond acceptors (Lipinski definition) is 6. The summed E-state index contributed by atoms with van der Waals surface area (Å²) in [6.45, 7) is 8.59. The van der Waals surface area contributed by atoms with Gasteiger partial charge in [0.25, 0.3) is 5.91 Å². The van der Waals surface area contributed by atoms with Crippen molar-refractivity contribution in [1.29, 1.82) is 0 Å². The van der Waals surface area contributed by atoms with Crippen molar-refractivity contribution >= 4 is 34.2 Å². The zero-order valence-electron chi connectivity index (χ0n) is 16.3. The Hall–Kier alpha value is -2.74. The molecule has 2 rings (SSSR count). The smallest absolute Gasteiger partial charge is 0.349 e. The van der Waals surface area contributed by atoms with E-state index in [1.54, 1.807) is 34.6 Å². The van der Waals surface area contributed by atoms with E-state index in [-0.39, 0.29) is 27.6 Å². The van der Waals surface area contributed by atoms with Gasteiger partial charge in [-0.2, -0.15) is 0 Å². The SMILES string of the molecule is CCOC(=O)c1c(NC(=O)c2ccc(F)cc2)sc(C(=O)OC(C)(C)C)c1C. The molecule has 0 atom stereocenters. The number of amides is 1. The maximum Gasteiger partial charge on any atom is 0.349 e. The second-order valence-electron chi connectivity index (χ2n) is 6.94. The standard InChI is InChI=1S/C20H22FNO5S/c1-6-26-18(24)14-11(2)15(19(25)27-20(3,4)5)28-17(14)22-16(23)12-7-9-13(21)10-8-12/h7-10H,6H2,1-5H3,(H,22,23). The summed E-state index contributed by atoms with van der Waals surface area (Å²) in [4.78, 5) is 37.6. The zero-order chi connectivity index (χ0) is 21.1. The first-order chi connectivity index (χ1) is 13.0. The van der Waals surface area contributed by atoms with Crippen molar-refractivity contribution < 1.29 is 28.2 Å². The highest BCUT2D eigenvalue weighted by molar-refractivity contribution is 7.18. The fraction of sp³-hybridized carbons (Fsp3) is 0.350. The second-order valence-corrected chi connectivity index (χ2v) is 7.96. The van der Waals surface area contributed by atoms with Gasteiger partial charge in [-0.05, 0) is 64.4 Å². The molecule has 1 N–H and O–H groups in total. The lowest BCUT2D eigenvalue weighted by atomic mass is 10.1. The van der Waals surface area contributed by atoms with Crippen molar-refractivity contribution in [3.63, 3.8) is 0 Å². The predicted octanol–water partition coefficient (Wildman–Crippen LogP) is 4.58. The summed E-state index contributed by atoms with van der Waals surface area (Å²) >= 11 is 0.934. The number of rotatable bonds is 5. The third kappa shape index (κ3) is 5.16. The van der Waals surface area contributed by atoms with Crippen LogP contribution < -0.4 is 5.32 Å². The molecule has 0 unspecified atom stereocenters. The summed E-state index contributed by atoms with van der Waals surface area (Å²) in [6.07, 6.45) is 0. The van der Waals surface area contributed by atoms with Crippen molar-refractivity contribution in [3.8, 4) is 0 Å². The van der Waals surface area contributed by atoms with Crippen LogP contribution in [0.15, 0.2) is 24.3 Å². The minimum atomic E-state index is -0.713. The fourth-order valence-corrected chi connectivity index (χ4v) is 3.41. The highest BCUT2D eigenvalue weighted by atomic mass is 32.1. The van der Waals surface area contributed by atoms with Crippen molar-refractivity contribution in [2.75, 3.05) is 11.9 Å². The predicted molar refractivity (Wildman–Crippen MR) is 105 cm³/mol. The Morgan fingerprint density at radius 1 is 1.11 bits per heavy atom. The lowest BCUT2D eigenvalue weighted by molar-refractivity contribution is 0.00744. The Kier molecular flexibility index (Phi) is 6.56. The molecule has 0 fully saturated rings. The number of carbonyl (C=O) groups is 3. The Labute approximate surface area is 166 Å². The van der Waals surface area contributed by atoms with E-state index in [0.717, 1.165) is 23.5 Å². The molecule has 150 valence electrons. The van der Waals surface area contributed by atoms with E-state index in [1.807, 2.05) is 0 Å². The van der Waals surface area contributed by atoms with Crippen LogP contribution in [0.2, 0.25) is 0 Å². The molecule has 0 saturated carbocycles. The molecular weight excluding hydrogens is 385 g/mol. The van der Waals surface area contributed by atoms with Gasteiger partial charge in [0.15, 0.2) is 0 Å². The Morgan fingerprint density at radius 2 is 1.71 bits per heavy atom. The topological polar surface area (TPSA) is 81.7 Å². The van der Waals surface area contributed by atoms with Gasteiger partial charge in [0.05, 0.1) is 12.2 Å². The lowest BCUT2D eigenvalue weighted by Gasteiger charge is -2.19. The molecule has 6 nitrogen and oxygen atoms in total. The quantitative estimate of drug-likeness (QED) is 0.734. The molecule has 1 amide bonds. The summed E-state index contributed by atoms with van der Waals surface area (Å²) < 4.78 is 23.5. The van der Waals surface area contributed by atoms with Crippen LogP contribution in [-0.2, 0) is 9.47 Å². The Balaban J connectivity index is 2.42. The van der Waals surface area contributed by atoms with Crippen LogP contribution in [-0.4, -0.2) is 30.1 Å². The van der Waals surface area contributed by atoms with E-state index >= 15 is 0 Å². The molecule has 0 aliphatic heterocycles. The summed E-state index contributed by atoms with van der Waals surface area (Å²) in [5.41, 5.74) is -0.0360. The molecule has 0 radical (unpaired) electrons. The molecule has 0 aliphatic carbocycles. The second kappa shape index (κ2) is 8.52. The van der Waals surface area contributed by atoms with E-state index < -0.39 is 29.3 Å². The molecule has 0 spiro atoms. The normalized spacial score (nSPS) is 11.1. The van der Waals surface area contributed by atoms with Crippen molar-refractivity contribution in [2.24, 2.45) is 0 Å². The monoisotopic (exact) mass is 407 g/mol. The molecule has 0 saturated heterocycles. The molecule has 1 aromatic heterocycles. The summed E-state index contributed by atoms with van der Waals surface area (Å²) in [5, 5.41) is 2.79. The molecule has 8 heteroatoms. The zero-order valence-corrected chi connectivity index (χ0v) is 17.2. The molecule has 28 heavy (non-hydrogen) atoms. The highest BCUT2D eigenvalue weighted by Crippen LogP contribution is 2.35. The molecule has 0 bridgehead atoms. The fourth-order valence-electron chi connectivity index (χ4n) is 2.35. The first-order valence-corrected chi connectivity index (χ1v) is 9.46. The molecule has 1 aromatic carbocycles. The number of esters is 2. The van der Waals surface area contributed by atoms with Crippen LogP contribution in [0.5, 0.6) is 0 Å². The third-order valence-corrected chi connectivity index (χ3v) is 4.73. The average Bonchev–Trinajstić information content (AvgIpc) is 2.90. The van der Waals surface area contributed by atoms with Crippen LogP contribution in [0, 0.1) is 12.7 Å². The number of benzene rings is 1. The number of thiophene rings is 1. The molecule has 2 aromatic rings. The lowest BCUT2D eigenvalue weighted by Crippen LogP contribution is -2.23. The van der Waals surface area contributed by atoms with Gasteiger partial charge in [-0.1, -0.05) is 0 Å². The number of anilines is 1. The first-order valence-electron chi connectivity index (χ1n) is 8.64. The van der Waals surface area contributed by atoms with E-state index in [4.69, 9.17) is 9.47 Å². The van der Waals surface area contributed by atoms with Crippen LogP contribution in [0.4, 0.5) is 9.39 Å². The maximum atomic E-state index is 13.1. The van der Waals surface area contributed by atoms with Gasteiger partial charge in [0.1, 0.15) is 21.3 Å². The Bertz CT molecular complexity index is 897. The summed E-state index contributed by atoms with van der Waals surface area (Å²) in [6, 6.07) is 4.97. The van der Waals surface area contributed by atoms with Gasteiger partial charge in [-0.25, -0.2) is 14.0 Å². The first kappa shape index (κ1) is 21.6. The van der Waals surface area contributed by atoms with Crippen LogP contribution in [0.3, 0.4) is 0 Å². The molecule has 0 aliphatic rings. The van der Waals surface area contributed by atoms with Gasteiger partial charge in [0.2, 0.25) is 0 Å².